The minimum Gasteiger partial charge on any atom is -0.312 e. The normalized spacial score (nSPS) is 13.4. The molecule has 1 rings (SSSR count). The van der Waals surface area contributed by atoms with Crippen molar-refractivity contribution in [3.63, 3.8) is 0 Å². The van der Waals surface area contributed by atoms with E-state index in [1.165, 1.54) is 6.42 Å². The van der Waals surface area contributed by atoms with E-state index in [1.807, 2.05) is 10.9 Å². The van der Waals surface area contributed by atoms with Gasteiger partial charge in [-0.15, -0.1) is 5.10 Å². The van der Waals surface area contributed by atoms with Crippen molar-refractivity contribution in [2.24, 2.45) is 5.92 Å². The predicted molar refractivity (Wildman–Crippen MR) is 56.9 cm³/mol. The molecule has 0 fully saturated rings. The van der Waals surface area contributed by atoms with Crippen LogP contribution in [0.15, 0.2) is 12.4 Å². The molecule has 14 heavy (non-hydrogen) atoms. The van der Waals surface area contributed by atoms with E-state index >= 15 is 0 Å². The lowest BCUT2D eigenvalue weighted by Gasteiger charge is -2.20. The molecule has 0 saturated heterocycles. The van der Waals surface area contributed by atoms with Crippen LogP contribution in [0.4, 0.5) is 0 Å². The summed E-state index contributed by atoms with van der Waals surface area (Å²) in [5.74, 6) is 0.691. The highest BCUT2D eigenvalue weighted by Crippen LogP contribution is 2.04. The standard InChI is InChI=1S/C10H20N4/c1-4-10(9(2)3)11-5-7-14-8-6-12-13-14/h6,8-11H,4-5,7H2,1-3H3. The summed E-state index contributed by atoms with van der Waals surface area (Å²) < 4.78 is 1.85. The SMILES string of the molecule is CCC(NCCn1ccnn1)C(C)C. The van der Waals surface area contributed by atoms with E-state index in [0.717, 1.165) is 13.1 Å². The van der Waals surface area contributed by atoms with Crippen LogP contribution in [-0.4, -0.2) is 27.6 Å². The first kappa shape index (κ1) is 11.2. The van der Waals surface area contributed by atoms with Crippen molar-refractivity contribution in [2.45, 2.75) is 39.8 Å². The number of nitrogens with zero attached hydrogens (tertiary/aromatic N) is 3. The second-order valence-corrected chi connectivity index (χ2v) is 3.88. The molecule has 0 amide bonds. The third-order valence-electron chi connectivity index (χ3n) is 2.46. The molecule has 1 atom stereocenters. The van der Waals surface area contributed by atoms with E-state index in [1.54, 1.807) is 6.20 Å². The third kappa shape index (κ3) is 3.46. The summed E-state index contributed by atoms with van der Waals surface area (Å²) in [6, 6.07) is 0.610. The summed E-state index contributed by atoms with van der Waals surface area (Å²) in [7, 11) is 0. The summed E-state index contributed by atoms with van der Waals surface area (Å²) >= 11 is 0. The van der Waals surface area contributed by atoms with Crippen molar-refractivity contribution in [1.82, 2.24) is 20.3 Å². The average molecular weight is 196 g/mol. The van der Waals surface area contributed by atoms with Gasteiger partial charge in [0, 0.05) is 18.8 Å². The van der Waals surface area contributed by atoms with E-state index in [2.05, 4.69) is 36.4 Å². The fourth-order valence-electron chi connectivity index (χ4n) is 1.57. The number of nitrogens with one attached hydrogen (secondary N) is 1. The zero-order valence-corrected chi connectivity index (χ0v) is 9.27. The van der Waals surface area contributed by atoms with Crippen molar-refractivity contribution >= 4 is 0 Å². The number of rotatable bonds is 6. The zero-order valence-electron chi connectivity index (χ0n) is 9.27. The van der Waals surface area contributed by atoms with Gasteiger partial charge in [0.15, 0.2) is 0 Å². The lowest BCUT2D eigenvalue weighted by atomic mass is 10.0. The minimum atomic E-state index is 0.610. The predicted octanol–water partition coefficient (Wildman–Crippen LogP) is 1.30. The molecule has 0 aliphatic rings. The maximum absolute atomic E-state index is 3.91. The van der Waals surface area contributed by atoms with E-state index in [0.29, 0.717) is 12.0 Å². The smallest absolute Gasteiger partial charge is 0.0692 e. The molecule has 0 spiro atoms. The Balaban J connectivity index is 2.20. The molecule has 4 nitrogen and oxygen atoms in total. The summed E-state index contributed by atoms with van der Waals surface area (Å²) in [4.78, 5) is 0. The second kappa shape index (κ2) is 5.75. The van der Waals surface area contributed by atoms with Gasteiger partial charge in [-0.3, -0.25) is 4.68 Å². The van der Waals surface area contributed by atoms with Crippen LogP contribution in [0.1, 0.15) is 27.2 Å². The van der Waals surface area contributed by atoms with E-state index in [9.17, 15) is 0 Å². The molecule has 1 N–H and O–H groups in total. The van der Waals surface area contributed by atoms with Crippen molar-refractivity contribution in [2.75, 3.05) is 6.54 Å². The summed E-state index contributed by atoms with van der Waals surface area (Å²) in [6.45, 7) is 8.56. The molecule has 1 heterocycles. The Morgan fingerprint density at radius 1 is 1.43 bits per heavy atom. The molecule has 1 aromatic heterocycles. The van der Waals surface area contributed by atoms with Gasteiger partial charge in [0.1, 0.15) is 0 Å². The van der Waals surface area contributed by atoms with Crippen LogP contribution in [0.2, 0.25) is 0 Å². The quantitative estimate of drug-likeness (QED) is 0.746. The van der Waals surface area contributed by atoms with Gasteiger partial charge in [0.25, 0.3) is 0 Å². The Labute approximate surface area is 85.7 Å². The second-order valence-electron chi connectivity index (χ2n) is 3.88. The molecule has 1 aromatic rings. The van der Waals surface area contributed by atoms with Gasteiger partial charge in [0.05, 0.1) is 12.7 Å². The van der Waals surface area contributed by atoms with Crippen LogP contribution in [0, 0.1) is 5.92 Å². The van der Waals surface area contributed by atoms with Crippen LogP contribution in [0.5, 0.6) is 0 Å². The molecular weight excluding hydrogens is 176 g/mol. The van der Waals surface area contributed by atoms with Gasteiger partial charge in [0.2, 0.25) is 0 Å². The van der Waals surface area contributed by atoms with Gasteiger partial charge in [-0.25, -0.2) is 0 Å². The van der Waals surface area contributed by atoms with Gasteiger partial charge < -0.3 is 5.32 Å². The van der Waals surface area contributed by atoms with Crippen molar-refractivity contribution in [1.29, 1.82) is 0 Å². The molecule has 0 saturated carbocycles. The molecule has 80 valence electrons. The summed E-state index contributed by atoms with van der Waals surface area (Å²) in [5.41, 5.74) is 0. The Hall–Kier alpha value is -0.900. The zero-order chi connectivity index (χ0) is 10.4. The molecule has 0 aliphatic heterocycles. The van der Waals surface area contributed by atoms with Gasteiger partial charge in [-0.2, -0.15) is 0 Å². The topological polar surface area (TPSA) is 42.7 Å². The Morgan fingerprint density at radius 2 is 2.21 bits per heavy atom. The average Bonchev–Trinajstić information content (AvgIpc) is 2.64. The molecular formula is C10H20N4. The molecule has 0 aliphatic carbocycles. The van der Waals surface area contributed by atoms with Gasteiger partial charge >= 0.3 is 0 Å². The lowest BCUT2D eigenvalue weighted by Crippen LogP contribution is -2.35. The van der Waals surface area contributed by atoms with Crippen molar-refractivity contribution in [3.8, 4) is 0 Å². The largest absolute Gasteiger partial charge is 0.312 e. The van der Waals surface area contributed by atoms with Crippen molar-refractivity contribution < 1.29 is 0 Å². The maximum atomic E-state index is 3.91. The molecule has 1 unspecified atom stereocenters. The Morgan fingerprint density at radius 3 is 2.71 bits per heavy atom. The van der Waals surface area contributed by atoms with Crippen LogP contribution in [0.3, 0.4) is 0 Å². The van der Waals surface area contributed by atoms with Crippen LogP contribution in [-0.2, 0) is 6.54 Å². The molecule has 0 bridgehead atoms. The number of hydrogen-bond donors (Lipinski definition) is 1. The summed E-state index contributed by atoms with van der Waals surface area (Å²) in [5, 5.41) is 11.2. The number of hydrogen-bond acceptors (Lipinski definition) is 3. The first-order chi connectivity index (χ1) is 6.74. The monoisotopic (exact) mass is 196 g/mol. The van der Waals surface area contributed by atoms with Crippen LogP contribution in [0.25, 0.3) is 0 Å². The van der Waals surface area contributed by atoms with E-state index in [4.69, 9.17) is 0 Å². The summed E-state index contributed by atoms with van der Waals surface area (Å²) in [6.07, 6.45) is 4.77. The first-order valence-corrected chi connectivity index (χ1v) is 5.31. The highest BCUT2D eigenvalue weighted by atomic mass is 15.4. The fourth-order valence-corrected chi connectivity index (χ4v) is 1.57. The third-order valence-corrected chi connectivity index (χ3v) is 2.46. The fraction of sp³-hybridized carbons (Fsp3) is 0.800. The van der Waals surface area contributed by atoms with Crippen LogP contribution < -0.4 is 5.32 Å². The first-order valence-electron chi connectivity index (χ1n) is 5.31. The van der Waals surface area contributed by atoms with Crippen molar-refractivity contribution in [3.05, 3.63) is 12.4 Å². The number of aromatic nitrogens is 3. The minimum absolute atomic E-state index is 0.610. The lowest BCUT2D eigenvalue weighted by molar-refractivity contribution is 0.376. The Bertz CT molecular complexity index is 230. The highest BCUT2D eigenvalue weighted by molar-refractivity contribution is 4.69. The highest BCUT2D eigenvalue weighted by Gasteiger charge is 2.08. The van der Waals surface area contributed by atoms with Gasteiger partial charge in [-0.1, -0.05) is 26.0 Å². The van der Waals surface area contributed by atoms with Gasteiger partial charge in [-0.05, 0) is 12.3 Å². The van der Waals surface area contributed by atoms with E-state index in [-0.39, 0.29) is 0 Å². The van der Waals surface area contributed by atoms with E-state index < -0.39 is 0 Å². The molecule has 4 heteroatoms. The molecule has 0 aromatic carbocycles. The van der Waals surface area contributed by atoms with Crippen LogP contribution >= 0.6 is 0 Å². The Kier molecular flexibility index (Phi) is 4.59. The molecule has 0 radical (unpaired) electrons. The maximum Gasteiger partial charge on any atom is 0.0692 e.